The summed E-state index contributed by atoms with van der Waals surface area (Å²) in [4.78, 5) is 1.04. The molecule has 0 radical (unpaired) electrons. The molecule has 22 heavy (non-hydrogen) atoms. The average Bonchev–Trinajstić information content (AvgIpc) is 2.46. The summed E-state index contributed by atoms with van der Waals surface area (Å²) in [5.41, 5.74) is 0.421. The normalized spacial score (nSPS) is 13.0. The topological polar surface area (TPSA) is 0 Å². The van der Waals surface area contributed by atoms with Crippen molar-refractivity contribution in [2.24, 2.45) is 0 Å². The predicted molar refractivity (Wildman–Crippen MR) is 90.2 cm³/mol. The second-order valence-electron chi connectivity index (χ2n) is 4.71. The molecule has 5 heteroatoms. The van der Waals surface area contributed by atoms with E-state index in [2.05, 4.69) is 15.9 Å². The lowest BCUT2D eigenvalue weighted by Crippen LogP contribution is -2.13. The van der Waals surface area contributed by atoms with Crippen molar-refractivity contribution in [3.05, 3.63) is 70.6 Å². The summed E-state index contributed by atoms with van der Waals surface area (Å²) in [6.07, 6.45) is -4.40. The van der Waals surface area contributed by atoms with Gasteiger partial charge >= 0.3 is 6.18 Å². The van der Waals surface area contributed by atoms with Crippen molar-refractivity contribution in [2.75, 3.05) is 5.33 Å². The maximum atomic E-state index is 13.6. The molecule has 116 valence electrons. The van der Waals surface area contributed by atoms with Gasteiger partial charge in [-0.25, -0.2) is 0 Å². The molecule has 0 spiro atoms. The van der Waals surface area contributed by atoms with Crippen LogP contribution in [0.3, 0.4) is 0 Å². The number of allylic oxidation sites excluding steroid dienone is 2. The fraction of sp³-hybridized carbons (Fsp3) is 0.176. The van der Waals surface area contributed by atoms with Crippen LogP contribution in [0.4, 0.5) is 13.2 Å². The standard InChI is InChI=1S/C17H14BrF3S/c1-12-6-5-7-13(10-12)16(17(19,20)21)15(11-18)22-14-8-3-2-4-9-14/h2-10H,11H2,1H3/b16-15-. The van der Waals surface area contributed by atoms with Crippen LogP contribution < -0.4 is 0 Å². The van der Waals surface area contributed by atoms with E-state index in [0.29, 0.717) is 0 Å². The van der Waals surface area contributed by atoms with Gasteiger partial charge in [0.15, 0.2) is 0 Å². The second kappa shape index (κ2) is 7.38. The van der Waals surface area contributed by atoms with Gasteiger partial charge in [0.1, 0.15) is 0 Å². The van der Waals surface area contributed by atoms with Gasteiger partial charge in [-0.05, 0) is 24.6 Å². The highest BCUT2D eigenvalue weighted by atomic mass is 79.9. The van der Waals surface area contributed by atoms with Crippen LogP contribution in [-0.4, -0.2) is 11.5 Å². The Morgan fingerprint density at radius 3 is 2.27 bits per heavy atom. The summed E-state index contributed by atoms with van der Waals surface area (Å²) in [5.74, 6) is 0. The first kappa shape index (κ1) is 17.2. The summed E-state index contributed by atoms with van der Waals surface area (Å²) in [6.45, 7) is 1.79. The Labute approximate surface area is 140 Å². The van der Waals surface area contributed by atoms with Crippen LogP contribution in [0.1, 0.15) is 11.1 Å². The fourth-order valence-corrected chi connectivity index (χ4v) is 3.65. The Hall–Kier alpha value is -1.20. The van der Waals surface area contributed by atoms with E-state index in [1.165, 1.54) is 6.07 Å². The number of aryl methyl sites for hydroxylation is 1. The van der Waals surface area contributed by atoms with Gasteiger partial charge in [0.05, 0.1) is 5.57 Å². The number of hydrogen-bond donors (Lipinski definition) is 0. The molecule has 0 aliphatic carbocycles. The lowest BCUT2D eigenvalue weighted by Gasteiger charge is -2.17. The van der Waals surface area contributed by atoms with Crippen molar-refractivity contribution >= 4 is 33.3 Å². The van der Waals surface area contributed by atoms with Gasteiger partial charge in [-0.3, -0.25) is 0 Å². The largest absolute Gasteiger partial charge is 0.417 e. The zero-order valence-electron chi connectivity index (χ0n) is 11.8. The molecule has 0 unspecified atom stereocenters. The molecule has 2 aromatic carbocycles. The molecule has 0 heterocycles. The molecule has 2 aromatic rings. The first-order valence-electron chi connectivity index (χ1n) is 6.58. The summed E-state index contributed by atoms with van der Waals surface area (Å²) in [7, 11) is 0. The van der Waals surface area contributed by atoms with Crippen LogP contribution in [0.2, 0.25) is 0 Å². The lowest BCUT2D eigenvalue weighted by atomic mass is 10.0. The fourth-order valence-electron chi connectivity index (χ4n) is 2.06. The van der Waals surface area contributed by atoms with E-state index in [-0.39, 0.29) is 15.8 Å². The maximum Gasteiger partial charge on any atom is 0.417 e. The first-order valence-corrected chi connectivity index (χ1v) is 8.52. The molecule has 0 atom stereocenters. The van der Waals surface area contributed by atoms with E-state index in [0.717, 1.165) is 22.2 Å². The van der Waals surface area contributed by atoms with E-state index in [4.69, 9.17) is 0 Å². The smallest absolute Gasteiger partial charge is 0.166 e. The second-order valence-corrected chi connectivity index (χ2v) is 6.44. The van der Waals surface area contributed by atoms with Crippen molar-refractivity contribution in [1.29, 1.82) is 0 Å². The monoisotopic (exact) mass is 386 g/mol. The molecule has 2 rings (SSSR count). The summed E-state index contributed by atoms with van der Waals surface area (Å²) < 4.78 is 40.8. The third-order valence-electron chi connectivity index (χ3n) is 2.97. The third-order valence-corrected chi connectivity index (χ3v) is 5.01. The van der Waals surface area contributed by atoms with Crippen molar-refractivity contribution in [3.8, 4) is 0 Å². The highest BCUT2D eigenvalue weighted by Gasteiger charge is 2.37. The zero-order valence-corrected chi connectivity index (χ0v) is 14.2. The lowest BCUT2D eigenvalue weighted by molar-refractivity contribution is -0.0691. The predicted octanol–water partition coefficient (Wildman–Crippen LogP) is 6.46. The van der Waals surface area contributed by atoms with Crippen molar-refractivity contribution in [1.82, 2.24) is 0 Å². The third kappa shape index (κ3) is 4.40. The Morgan fingerprint density at radius 2 is 1.73 bits per heavy atom. The molecule has 0 N–H and O–H groups in total. The molecule has 0 aromatic heterocycles. The number of alkyl halides is 4. The Balaban J connectivity index is 2.53. The minimum atomic E-state index is -4.40. The van der Waals surface area contributed by atoms with Crippen molar-refractivity contribution in [2.45, 2.75) is 18.0 Å². The highest BCUT2D eigenvalue weighted by Crippen LogP contribution is 2.42. The number of thioether (sulfide) groups is 1. The van der Waals surface area contributed by atoms with E-state index in [1.807, 2.05) is 18.2 Å². The summed E-state index contributed by atoms with van der Waals surface area (Å²) in [6, 6.07) is 15.6. The van der Waals surface area contributed by atoms with Crippen molar-refractivity contribution < 1.29 is 13.2 Å². The molecule has 0 bridgehead atoms. The van der Waals surface area contributed by atoms with Crippen LogP contribution in [0.25, 0.3) is 5.57 Å². The molecule has 0 aliphatic heterocycles. The zero-order chi connectivity index (χ0) is 16.2. The van der Waals surface area contributed by atoms with E-state index in [9.17, 15) is 13.2 Å². The van der Waals surface area contributed by atoms with Crippen LogP contribution in [0, 0.1) is 6.92 Å². The average molecular weight is 387 g/mol. The minimum Gasteiger partial charge on any atom is -0.166 e. The molecule has 0 aliphatic rings. The van der Waals surface area contributed by atoms with Crippen LogP contribution in [0.15, 0.2) is 64.4 Å². The molecular formula is C17H14BrF3S. The van der Waals surface area contributed by atoms with Gasteiger partial charge in [0.2, 0.25) is 0 Å². The van der Waals surface area contributed by atoms with Crippen LogP contribution in [-0.2, 0) is 0 Å². The quantitative estimate of drug-likeness (QED) is 0.429. The molecule has 0 saturated heterocycles. The van der Waals surface area contributed by atoms with Crippen LogP contribution in [0.5, 0.6) is 0 Å². The number of halogens is 4. The molecular weight excluding hydrogens is 373 g/mol. The SMILES string of the molecule is Cc1cccc(/C(=C(\CBr)Sc2ccccc2)C(F)(F)F)c1. The van der Waals surface area contributed by atoms with Gasteiger partial charge in [-0.15, -0.1) is 0 Å². The Bertz CT molecular complexity index is 663. The van der Waals surface area contributed by atoms with Gasteiger partial charge < -0.3 is 0 Å². The van der Waals surface area contributed by atoms with E-state index < -0.39 is 11.7 Å². The minimum absolute atomic E-state index is 0.148. The van der Waals surface area contributed by atoms with Crippen molar-refractivity contribution in [3.63, 3.8) is 0 Å². The highest BCUT2D eigenvalue weighted by molar-refractivity contribution is 9.09. The molecule has 0 fully saturated rings. The molecule has 0 nitrogen and oxygen atoms in total. The Morgan fingerprint density at radius 1 is 1.05 bits per heavy atom. The van der Waals surface area contributed by atoms with Gasteiger partial charge in [0.25, 0.3) is 0 Å². The number of benzene rings is 2. The molecule has 0 amide bonds. The summed E-state index contributed by atoms with van der Waals surface area (Å²) in [5, 5.41) is 0.148. The van der Waals surface area contributed by atoms with Gasteiger partial charge in [-0.1, -0.05) is 75.7 Å². The maximum absolute atomic E-state index is 13.6. The van der Waals surface area contributed by atoms with Gasteiger partial charge in [-0.2, -0.15) is 13.2 Å². The number of hydrogen-bond acceptors (Lipinski definition) is 1. The van der Waals surface area contributed by atoms with E-state index in [1.54, 1.807) is 37.3 Å². The van der Waals surface area contributed by atoms with E-state index >= 15 is 0 Å². The van der Waals surface area contributed by atoms with Gasteiger partial charge in [0, 0.05) is 15.1 Å². The van der Waals surface area contributed by atoms with Crippen LogP contribution >= 0.6 is 27.7 Å². The Kier molecular flexibility index (Phi) is 5.75. The number of rotatable bonds is 4. The first-order chi connectivity index (χ1) is 10.4. The molecule has 0 saturated carbocycles. The summed E-state index contributed by atoms with van der Waals surface area (Å²) >= 11 is 4.34.